The number of halogens is 3. The van der Waals surface area contributed by atoms with Gasteiger partial charge in [0.15, 0.2) is 0 Å². The molecule has 1 heterocycles. The SMILES string of the molecule is CCCCC(C(N)=O)C(CC1CCCC1)C(=O)N[C@H]1CCCCN(Cc2cccc(-c3ccc(C(F)(F)F)cc3)c2)C1=O. The summed E-state index contributed by atoms with van der Waals surface area (Å²) in [4.78, 5) is 41.7. The van der Waals surface area contributed by atoms with E-state index in [9.17, 15) is 27.6 Å². The minimum Gasteiger partial charge on any atom is -0.369 e. The third kappa shape index (κ3) is 8.83. The van der Waals surface area contributed by atoms with Crippen molar-refractivity contribution < 1.29 is 27.6 Å². The maximum atomic E-state index is 13.8. The van der Waals surface area contributed by atoms with Crippen molar-refractivity contribution >= 4 is 17.7 Å². The summed E-state index contributed by atoms with van der Waals surface area (Å²) in [5.74, 6) is -1.57. The summed E-state index contributed by atoms with van der Waals surface area (Å²) < 4.78 is 39.0. The molecule has 3 amide bonds. The van der Waals surface area contributed by atoms with E-state index in [1.54, 1.807) is 4.90 Å². The number of amides is 3. The Morgan fingerprint density at radius 1 is 0.977 bits per heavy atom. The molecule has 3 N–H and O–H groups in total. The summed E-state index contributed by atoms with van der Waals surface area (Å²) in [7, 11) is 0. The van der Waals surface area contributed by atoms with Crippen LogP contribution in [0.5, 0.6) is 0 Å². The van der Waals surface area contributed by atoms with Crippen LogP contribution in [0.2, 0.25) is 0 Å². The van der Waals surface area contributed by atoms with Crippen LogP contribution in [0.15, 0.2) is 48.5 Å². The van der Waals surface area contributed by atoms with Gasteiger partial charge in [-0.3, -0.25) is 14.4 Å². The Morgan fingerprint density at radius 3 is 2.33 bits per heavy atom. The number of primary amides is 1. The Labute approximate surface area is 252 Å². The van der Waals surface area contributed by atoms with E-state index >= 15 is 0 Å². The second-order valence-corrected chi connectivity index (χ2v) is 12.2. The number of likely N-dealkylation sites (tertiary alicyclic amines) is 1. The highest BCUT2D eigenvalue weighted by Crippen LogP contribution is 2.35. The standard InChI is InChI=1S/C34H44F3N3O3/c1-2-3-13-28(31(38)41)29(21-23-9-4-5-10-23)32(42)39-30-14-6-7-19-40(33(30)43)22-24-11-8-12-26(20-24)25-15-17-27(18-16-25)34(35,36)37/h8,11-12,15-18,20,23,28-30H,2-7,9-10,13-14,19,21-22H2,1H3,(H2,38,41)(H,39,42)/t28?,29?,30-/m0/s1. The Hall–Kier alpha value is -3.36. The largest absolute Gasteiger partial charge is 0.416 e. The zero-order valence-corrected chi connectivity index (χ0v) is 25.0. The summed E-state index contributed by atoms with van der Waals surface area (Å²) >= 11 is 0. The fourth-order valence-corrected chi connectivity index (χ4v) is 6.62. The van der Waals surface area contributed by atoms with Crippen LogP contribution in [0.25, 0.3) is 11.1 Å². The second-order valence-electron chi connectivity index (χ2n) is 12.2. The van der Waals surface area contributed by atoms with Crippen molar-refractivity contribution in [3.05, 3.63) is 59.7 Å². The predicted octanol–water partition coefficient (Wildman–Crippen LogP) is 6.86. The van der Waals surface area contributed by atoms with Crippen molar-refractivity contribution in [2.45, 2.75) is 96.3 Å². The molecular weight excluding hydrogens is 555 g/mol. The molecule has 2 fully saturated rings. The van der Waals surface area contributed by atoms with Crippen LogP contribution in [-0.4, -0.2) is 35.2 Å². The van der Waals surface area contributed by atoms with Crippen LogP contribution in [0.4, 0.5) is 13.2 Å². The Morgan fingerprint density at radius 2 is 1.67 bits per heavy atom. The lowest BCUT2D eigenvalue weighted by atomic mass is 9.80. The molecule has 2 unspecified atom stereocenters. The van der Waals surface area contributed by atoms with Gasteiger partial charge in [-0.15, -0.1) is 0 Å². The minimum absolute atomic E-state index is 0.158. The molecule has 1 saturated carbocycles. The highest BCUT2D eigenvalue weighted by Gasteiger charge is 2.37. The van der Waals surface area contributed by atoms with E-state index in [2.05, 4.69) is 5.32 Å². The second kappa shape index (κ2) is 14.9. The fraction of sp³-hybridized carbons (Fsp3) is 0.559. The molecule has 0 radical (unpaired) electrons. The lowest BCUT2D eigenvalue weighted by Gasteiger charge is -2.30. The van der Waals surface area contributed by atoms with Gasteiger partial charge in [0, 0.05) is 24.9 Å². The first kappa shape index (κ1) is 32.6. The van der Waals surface area contributed by atoms with Crippen LogP contribution in [0.3, 0.4) is 0 Å². The van der Waals surface area contributed by atoms with Crippen LogP contribution in [0.1, 0.15) is 88.7 Å². The van der Waals surface area contributed by atoms with Crippen LogP contribution in [-0.2, 0) is 27.1 Å². The van der Waals surface area contributed by atoms with Gasteiger partial charge in [-0.25, -0.2) is 0 Å². The maximum Gasteiger partial charge on any atom is 0.416 e. The van der Waals surface area contributed by atoms with E-state index in [0.29, 0.717) is 43.8 Å². The first-order valence-corrected chi connectivity index (χ1v) is 15.7. The molecule has 4 rings (SSSR count). The monoisotopic (exact) mass is 599 g/mol. The molecule has 0 aromatic heterocycles. The third-order valence-electron chi connectivity index (χ3n) is 9.06. The van der Waals surface area contributed by atoms with Gasteiger partial charge in [0.1, 0.15) is 6.04 Å². The molecule has 234 valence electrons. The molecule has 2 aromatic rings. The third-order valence-corrected chi connectivity index (χ3v) is 9.06. The van der Waals surface area contributed by atoms with E-state index < -0.39 is 35.5 Å². The van der Waals surface area contributed by atoms with Gasteiger partial charge >= 0.3 is 6.18 Å². The van der Waals surface area contributed by atoms with Gasteiger partial charge in [-0.2, -0.15) is 13.2 Å². The lowest BCUT2D eigenvalue weighted by Crippen LogP contribution is -2.50. The summed E-state index contributed by atoms with van der Waals surface area (Å²) in [6.07, 6.45) is 4.95. The number of carbonyl (C=O) groups excluding carboxylic acids is 3. The smallest absolute Gasteiger partial charge is 0.369 e. The quantitative estimate of drug-likeness (QED) is 0.279. The zero-order valence-electron chi connectivity index (χ0n) is 25.0. The molecule has 6 nitrogen and oxygen atoms in total. The van der Waals surface area contributed by atoms with Gasteiger partial charge in [-0.05, 0) is 72.9 Å². The van der Waals surface area contributed by atoms with Crippen LogP contribution >= 0.6 is 0 Å². The molecule has 43 heavy (non-hydrogen) atoms. The van der Waals surface area contributed by atoms with E-state index in [4.69, 9.17) is 5.73 Å². The highest BCUT2D eigenvalue weighted by atomic mass is 19.4. The van der Waals surface area contributed by atoms with Gasteiger partial charge in [0.25, 0.3) is 0 Å². The van der Waals surface area contributed by atoms with Crippen molar-refractivity contribution in [3.63, 3.8) is 0 Å². The molecule has 1 aliphatic carbocycles. The Kier molecular flexibility index (Phi) is 11.3. The molecule has 1 saturated heterocycles. The number of nitrogens with one attached hydrogen (secondary N) is 1. The number of alkyl halides is 3. The summed E-state index contributed by atoms with van der Waals surface area (Å²) in [6.45, 7) is 2.91. The molecule has 2 aliphatic rings. The minimum atomic E-state index is -4.40. The van der Waals surface area contributed by atoms with Gasteiger partial charge in [-0.1, -0.05) is 75.8 Å². The van der Waals surface area contributed by atoms with Crippen molar-refractivity contribution in [2.75, 3.05) is 6.54 Å². The van der Waals surface area contributed by atoms with E-state index in [0.717, 1.165) is 74.6 Å². The Balaban J connectivity index is 1.47. The number of hydrogen-bond donors (Lipinski definition) is 2. The molecule has 0 bridgehead atoms. The topological polar surface area (TPSA) is 92.5 Å². The van der Waals surface area contributed by atoms with Crippen molar-refractivity contribution in [1.29, 1.82) is 0 Å². The average molecular weight is 600 g/mol. The number of nitrogens with zero attached hydrogens (tertiary/aromatic N) is 1. The molecule has 0 spiro atoms. The maximum absolute atomic E-state index is 13.8. The van der Waals surface area contributed by atoms with Crippen LogP contribution < -0.4 is 11.1 Å². The zero-order chi connectivity index (χ0) is 31.0. The van der Waals surface area contributed by atoms with Crippen molar-refractivity contribution in [1.82, 2.24) is 10.2 Å². The first-order valence-electron chi connectivity index (χ1n) is 15.7. The number of carbonyl (C=O) groups is 3. The lowest BCUT2D eigenvalue weighted by molar-refractivity contribution is -0.139. The van der Waals surface area contributed by atoms with Crippen LogP contribution in [0, 0.1) is 17.8 Å². The highest BCUT2D eigenvalue weighted by molar-refractivity contribution is 5.91. The molecule has 3 atom stereocenters. The summed E-state index contributed by atoms with van der Waals surface area (Å²) in [6, 6.07) is 11.8. The molecular formula is C34H44F3N3O3. The normalized spacial score (nSPS) is 19.6. The number of rotatable bonds is 12. The summed E-state index contributed by atoms with van der Waals surface area (Å²) in [5.41, 5.74) is 7.39. The number of benzene rings is 2. The number of hydrogen-bond acceptors (Lipinski definition) is 3. The number of unbranched alkanes of at least 4 members (excludes halogenated alkanes) is 1. The van der Waals surface area contributed by atoms with Crippen molar-refractivity contribution in [2.24, 2.45) is 23.5 Å². The summed E-state index contributed by atoms with van der Waals surface area (Å²) in [5, 5.41) is 3.04. The predicted molar refractivity (Wildman–Crippen MR) is 160 cm³/mol. The van der Waals surface area contributed by atoms with E-state index in [-0.39, 0.29) is 11.8 Å². The first-order chi connectivity index (χ1) is 20.6. The number of nitrogens with two attached hydrogens (primary N) is 1. The molecule has 9 heteroatoms. The van der Waals surface area contributed by atoms with Gasteiger partial charge < -0.3 is 16.0 Å². The fourth-order valence-electron chi connectivity index (χ4n) is 6.62. The van der Waals surface area contributed by atoms with E-state index in [1.807, 2.05) is 31.2 Å². The molecule has 1 aliphatic heterocycles. The average Bonchev–Trinajstić information content (AvgIpc) is 3.44. The van der Waals surface area contributed by atoms with Gasteiger partial charge in [0.2, 0.25) is 17.7 Å². The van der Waals surface area contributed by atoms with Crippen molar-refractivity contribution in [3.8, 4) is 11.1 Å². The molecule has 2 aromatic carbocycles. The Bertz CT molecular complexity index is 1240. The van der Waals surface area contributed by atoms with Gasteiger partial charge in [0.05, 0.1) is 5.56 Å². The van der Waals surface area contributed by atoms with E-state index in [1.165, 1.54) is 12.1 Å².